The Morgan fingerprint density at radius 3 is 2.46 bits per heavy atom. The number of pyridine rings is 2. The number of carboxylic acids is 1. The third-order valence-electron chi connectivity index (χ3n) is 5.18. The third-order valence-corrected chi connectivity index (χ3v) is 5.18. The normalized spacial score (nSPS) is 19.0. The van der Waals surface area contributed by atoms with E-state index in [1.54, 1.807) is 23.5 Å². The van der Waals surface area contributed by atoms with Crippen molar-refractivity contribution in [1.29, 1.82) is 0 Å². The van der Waals surface area contributed by atoms with Crippen LogP contribution in [0.3, 0.4) is 0 Å². The SMILES string of the molecule is O=C(O)C1CCC(NC(=O)N(CCc2ccccn2)Cc2ccncc2)CC1. The van der Waals surface area contributed by atoms with Crippen molar-refractivity contribution >= 4 is 12.0 Å². The molecule has 2 aromatic heterocycles. The maximum atomic E-state index is 12.9. The van der Waals surface area contributed by atoms with Crippen molar-refractivity contribution in [2.24, 2.45) is 5.92 Å². The van der Waals surface area contributed by atoms with Crippen molar-refractivity contribution in [3.8, 4) is 0 Å². The van der Waals surface area contributed by atoms with Crippen molar-refractivity contribution in [1.82, 2.24) is 20.2 Å². The van der Waals surface area contributed by atoms with Gasteiger partial charge in [-0.15, -0.1) is 0 Å². The van der Waals surface area contributed by atoms with Gasteiger partial charge in [0.25, 0.3) is 0 Å². The van der Waals surface area contributed by atoms with E-state index in [2.05, 4.69) is 15.3 Å². The fourth-order valence-corrected chi connectivity index (χ4v) is 3.51. The standard InChI is InChI=1S/C21H26N4O3/c26-20(27)17-4-6-19(7-5-17)24-21(28)25(15-16-8-12-22-13-9-16)14-10-18-3-1-2-11-23-18/h1-3,8-9,11-13,17,19H,4-7,10,14-15H2,(H,24,28)(H,26,27). The Hall–Kier alpha value is -2.96. The van der Waals surface area contributed by atoms with Gasteiger partial charge in [0.15, 0.2) is 0 Å². The Balaban J connectivity index is 1.60. The van der Waals surface area contributed by atoms with Gasteiger partial charge in [-0.3, -0.25) is 14.8 Å². The zero-order valence-corrected chi connectivity index (χ0v) is 15.8. The fraction of sp³-hybridized carbons (Fsp3) is 0.429. The number of urea groups is 1. The lowest BCUT2D eigenvalue weighted by atomic mass is 9.86. The van der Waals surface area contributed by atoms with Crippen LogP contribution in [-0.4, -0.2) is 44.6 Å². The minimum atomic E-state index is -0.737. The highest BCUT2D eigenvalue weighted by Crippen LogP contribution is 2.24. The van der Waals surface area contributed by atoms with E-state index < -0.39 is 5.97 Å². The molecule has 1 fully saturated rings. The highest BCUT2D eigenvalue weighted by molar-refractivity contribution is 5.74. The van der Waals surface area contributed by atoms with Crippen molar-refractivity contribution < 1.29 is 14.7 Å². The largest absolute Gasteiger partial charge is 0.481 e. The summed E-state index contributed by atoms with van der Waals surface area (Å²) in [7, 11) is 0. The van der Waals surface area contributed by atoms with E-state index in [1.807, 2.05) is 30.3 Å². The number of carbonyl (C=O) groups is 2. The van der Waals surface area contributed by atoms with Gasteiger partial charge in [-0.25, -0.2) is 4.79 Å². The number of hydrogen-bond acceptors (Lipinski definition) is 4. The van der Waals surface area contributed by atoms with Crippen LogP contribution in [0.25, 0.3) is 0 Å². The molecule has 0 bridgehead atoms. The average Bonchev–Trinajstić information content (AvgIpc) is 2.73. The summed E-state index contributed by atoms with van der Waals surface area (Å²) in [4.78, 5) is 34.2. The summed E-state index contributed by atoms with van der Waals surface area (Å²) in [6, 6.07) is 9.48. The van der Waals surface area contributed by atoms with Gasteiger partial charge in [-0.2, -0.15) is 0 Å². The first-order chi connectivity index (χ1) is 13.6. The molecule has 3 rings (SSSR count). The van der Waals surface area contributed by atoms with Crippen LogP contribution in [0.15, 0.2) is 48.9 Å². The highest BCUT2D eigenvalue weighted by Gasteiger charge is 2.27. The minimum absolute atomic E-state index is 0.0258. The molecule has 0 aliphatic heterocycles. The topological polar surface area (TPSA) is 95.4 Å². The third kappa shape index (κ3) is 5.77. The number of hydrogen-bond donors (Lipinski definition) is 2. The number of rotatable bonds is 7. The molecule has 0 spiro atoms. The molecule has 148 valence electrons. The molecule has 2 N–H and O–H groups in total. The molecular formula is C21H26N4O3. The van der Waals surface area contributed by atoms with Crippen LogP contribution in [0.4, 0.5) is 4.79 Å². The molecular weight excluding hydrogens is 356 g/mol. The average molecular weight is 382 g/mol. The quantitative estimate of drug-likeness (QED) is 0.768. The maximum absolute atomic E-state index is 12.9. The van der Waals surface area contributed by atoms with Crippen LogP contribution < -0.4 is 5.32 Å². The molecule has 28 heavy (non-hydrogen) atoms. The molecule has 0 atom stereocenters. The van der Waals surface area contributed by atoms with Crippen molar-refractivity contribution in [3.63, 3.8) is 0 Å². The first-order valence-corrected chi connectivity index (χ1v) is 9.69. The Labute approximate surface area is 164 Å². The first-order valence-electron chi connectivity index (χ1n) is 9.69. The van der Waals surface area contributed by atoms with E-state index in [0.717, 1.165) is 11.3 Å². The Morgan fingerprint density at radius 2 is 1.82 bits per heavy atom. The second-order valence-electron chi connectivity index (χ2n) is 7.18. The van der Waals surface area contributed by atoms with Gasteiger partial charge in [0.2, 0.25) is 0 Å². The van der Waals surface area contributed by atoms with Gasteiger partial charge in [0.1, 0.15) is 0 Å². The zero-order valence-electron chi connectivity index (χ0n) is 15.8. The molecule has 1 aliphatic carbocycles. The lowest BCUT2D eigenvalue weighted by molar-refractivity contribution is -0.142. The zero-order chi connectivity index (χ0) is 19.8. The second kappa shape index (κ2) is 9.82. The molecule has 2 heterocycles. The minimum Gasteiger partial charge on any atom is -0.481 e. The second-order valence-corrected chi connectivity index (χ2v) is 7.18. The molecule has 0 saturated heterocycles. The van der Waals surface area contributed by atoms with Gasteiger partial charge in [0.05, 0.1) is 5.92 Å². The molecule has 1 aliphatic rings. The van der Waals surface area contributed by atoms with Gasteiger partial charge in [0, 0.05) is 49.8 Å². The lowest BCUT2D eigenvalue weighted by Crippen LogP contribution is -2.46. The van der Waals surface area contributed by atoms with Gasteiger partial charge in [-0.1, -0.05) is 6.07 Å². The molecule has 0 unspecified atom stereocenters. The molecule has 0 aromatic carbocycles. The van der Waals surface area contributed by atoms with Crippen LogP contribution in [0.5, 0.6) is 0 Å². The smallest absolute Gasteiger partial charge is 0.317 e. The fourth-order valence-electron chi connectivity index (χ4n) is 3.51. The van der Waals surface area contributed by atoms with Crippen LogP contribution in [0.2, 0.25) is 0 Å². The summed E-state index contributed by atoms with van der Waals surface area (Å²) < 4.78 is 0. The number of carbonyl (C=O) groups excluding carboxylic acids is 1. The van der Waals surface area contributed by atoms with Crippen molar-refractivity contribution in [2.75, 3.05) is 6.54 Å². The van der Waals surface area contributed by atoms with Crippen LogP contribution in [0, 0.1) is 5.92 Å². The molecule has 7 heteroatoms. The summed E-state index contributed by atoms with van der Waals surface area (Å²) in [6.45, 7) is 1.04. The van der Waals surface area contributed by atoms with Crippen molar-refractivity contribution in [3.05, 3.63) is 60.2 Å². The molecule has 7 nitrogen and oxygen atoms in total. The summed E-state index contributed by atoms with van der Waals surface area (Å²) in [5.74, 6) is -1.02. The van der Waals surface area contributed by atoms with Crippen molar-refractivity contribution in [2.45, 2.75) is 44.7 Å². The molecule has 1 saturated carbocycles. The molecule has 2 amide bonds. The predicted octanol–water partition coefficient (Wildman–Crippen LogP) is 2.87. The van der Waals surface area contributed by atoms with E-state index in [0.29, 0.717) is 45.2 Å². The number of aromatic nitrogens is 2. The molecule has 2 aromatic rings. The van der Waals surface area contributed by atoms with Crippen LogP contribution >= 0.6 is 0 Å². The van der Waals surface area contributed by atoms with E-state index >= 15 is 0 Å². The summed E-state index contributed by atoms with van der Waals surface area (Å²) in [6.07, 6.45) is 8.48. The Bertz CT molecular complexity index is 762. The van der Waals surface area contributed by atoms with Crippen LogP contribution in [-0.2, 0) is 17.8 Å². The van der Waals surface area contributed by atoms with E-state index in [4.69, 9.17) is 5.11 Å². The lowest BCUT2D eigenvalue weighted by Gasteiger charge is -2.30. The number of nitrogens with one attached hydrogen (secondary N) is 1. The van der Waals surface area contributed by atoms with Gasteiger partial charge >= 0.3 is 12.0 Å². The predicted molar refractivity (Wildman–Crippen MR) is 105 cm³/mol. The number of amides is 2. The van der Waals surface area contributed by atoms with Gasteiger partial charge in [-0.05, 0) is 55.5 Å². The van der Waals surface area contributed by atoms with Gasteiger partial charge < -0.3 is 15.3 Å². The van der Waals surface area contributed by atoms with Crippen LogP contribution in [0.1, 0.15) is 36.9 Å². The van der Waals surface area contributed by atoms with E-state index in [1.165, 1.54) is 0 Å². The van der Waals surface area contributed by atoms with E-state index in [9.17, 15) is 9.59 Å². The summed E-state index contributed by atoms with van der Waals surface area (Å²) in [5.41, 5.74) is 1.96. The highest BCUT2D eigenvalue weighted by atomic mass is 16.4. The molecule has 0 radical (unpaired) electrons. The summed E-state index contributed by atoms with van der Waals surface area (Å²) >= 11 is 0. The first kappa shape index (κ1) is 19.8. The summed E-state index contributed by atoms with van der Waals surface area (Å²) in [5, 5.41) is 12.2. The van der Waals surface area contributed by atoms with E-state index in [-0.39, 0.29) is 18.0 Å². The number of carboxylic acid groups (broad SMARTS) is 1. The number of nitrogens with zero attached hydrogens (tertiary/aromatic N) is 3. The number of aliphatic carboxylic acids is 1. The maximum Gasteiger partial charge on any atom is 0.317 e. The monoisotopic (exact) mass is 382 g/mol. The Kier molecular flexibility index (Phi) is 6.94. The Morgan fingerprint density at radius 1 is 1.07 bits per heavy atom.